The lowest BCUT2D eigenvalue weighted by atomic mass is 10.1. The third-order valence-electron chi connectivity index (χ3n) is 4.11. The lowest BCUT2D eigenvalue weighted by Gasteiger charge is -2.13. The van der Waals surface area contributed by atoms with Gasteiger partial charge in [-0.15, -0.1) is 0 Å². The number of halogens is 3. The molecule has 9 heteroatoms. The van der Waals surface area contributed by atoms with Gasteiger partial charge in [0.2, 0.25) is 0 Å². The van der Waals surface area contributed by atoms with Gasteiger partial charge in [0.05, 0.1) is 12.2 Å². The normalized spacial score (nSPS) is 11.3. The second-order valence-electron chi connectivity index (χ2n) is 6.01. The fourth-order valence-electron chi connectivity index (χ4n) is 2.87. The lowest BCUT2D eigenvalue weighted by Crippen LogP contribution is -2.13. The van der Waals surface area contributed by atoms with Crippen LogP contribution in [0.2, 0.25) is 0 Å². The van der Waals surface area contributed by atoms with E-state index in [1.165, 1.54) is 24.3 Å². The number of furan rings is 1. The Bertz CT molecular complexity index is 1110. The van der Waals surface area contributed by atoms with Gasteiger partial charge in [0.25, 0.3) is 0 Å². The molecule has 2 aromatic heterocycles. The number of fused-ring (bicyclic) bond motifs is 1. The van der Waals surface area contributed by atoms with Crippen molar-refractivity contribution in [1.82, 2.24) is 4.98 Å². The van der Waals surface area contributed by atoms with Crippen LogP contribution in [-0.4, -0.2) is 17.6 Å². The Hall–Kier alpha value is -3.54. The van der Waals surface area contributed by atoms with E-state index in [1.807, 2.05) is 6.07 Å². The van der Waals surface area contributed by atoms with E-state index in [1.54, 1.807) is 13.8 Å². The number of carbonyl (C=O) groups excluding carboxylic acids is 1. The van der Waals surface area contributed by atoms with Gasteiger partial charge in [0, 0.05) is 23.2 Å². The topological polar surface area (TPSA) is 85.3 Å². The zero-order valence-corrected chi connectivity index (χ0v) is 15.5. The van der Waals surface area contributed by atoms with Crippen LogP contribution in [0.3, 0.4) is 0 Å². The molecule has 0 fully saturated rings. The zero-order chi connectivity index (χ0) is 21.2. The maximum absolute atomic E-state index is 13.1. The fourth-order valence-corrected chi connectivity index (χ4v) is 2.87. The van der Waals surface area contributed by atoms with E-state index in [2.05, 4.69) is 4.98 Å². The van der Waals surface area contributed by atoms with Crippen molar-refractivity contribution in [2.45, 2.75) is 26.6 Å². The number of ether oxygens (including phenoxy) is 2. The summed E-state index contributed by atoms with van der Waals surface area (Å²) in [5.41, 5.74) is -0.747. The largest absolute Gasteiger partial charge is 0.487 e. The summed E-state index contributed by atoms with van der Waals surface area (Å²) in [7, 11) is 0. The molecule has 0 saturated heterocycles. The van der Waals surface area contributed by atoms with Crippen LogP contribution < -0.4 is 4.74 Å². The summed E-state index contributed by atoms with van der Waals surface area (Å²) in [4.78, 5) is 15.6. The van der Waals surface area contributed by atoms with Gasteiger partial charge < -0.3 is 13.9 Å². The number of nitriles is 1. The molecule has 0 aliphatic rings. The Balaban J connectivity index is 2.01. The summed E-state index contributed by atoms with van der Waals surface area (Å²) in [6.07, 6.45) is -3.60. The van der Waals surface area contributed by atoms with E-state index >= 15 is 0 Å². The Morgan fingerprint density at radius 3 is 2.76 bits per heavy atom. The van der Waals surface area contributed by atoms with Crippen molar-refractivity contribution < 1.29 is 31.9 Å². The molecule has 0 spiro atoms. The Morgan fingerprint density at radius 2 is 2.10 bits per heavy atom. The number of esters is 1. The van der Waals surface area contributed by atoms with Crippen molar-refractivity contribution in [1.29, 1.82) is 5.26 Å². The SMILES string of the molecule is CCOC(=O)c1c(C)oc2cc(C#N)c(OCc3cccnc3C(F)(F)F)cc12. The second-order valence-corrected chi connectivity index (χ2v) is 6.01. The Kier molecular flexibility index (Phi) is 5.46. The zero-order valence-electron chi connectivity index (χ0n) is 15.5. The quantitative estimate of drug-likeness (QED) is 0.569. The third-order valence-corrected chi connectivity index (χ3v) is 4.11. The number of aromatic nitrogens is 1. The first-order chi connectivity index (χ1) is 13.8. The smallest absolute Gasteiger partial charge is 0.433 e. The standard InChI is InChI=1S/C20H15F3N2O4/c1-3-27-19(26)17-11(2)29-16-7-13(9-24)15(8-14(16)17)28-10-12-5-4-6-25-18(12)20(21,22)23/h4-8H,3,10H2,1-2H3. The number of carbonyl (C=O) groups is 1. The number of pyridine rings is 1. The molecule has 0 unspecified atom stereocenters. The number of hydrogen-bond acceptors (Lipinski definition) is 6. The molecular formula is C20H15F3N2O4. The molecule has 0 amide bonds. The number of aryl methyl sites for hydroxylation is 1. The molecular weight excluding hydrogens is 389 g/mol. The van der Waals surface area contributed by atoms with E-state index in [9.17, 15) is 23.2 Å². The van der Waals surface area contributed by atoms with Gasteiger partial charge in [-0.25, -0.2) is 4.79 Å². The molecule has 0 N–H and O–H groups in total. The van der Waals surface area contributed by atoms with Gasteiger partial charge in [-0.2, -0.15) is 18.4 Å². The fraction of sp³-hybridized carbons (Fsp3) is 0.250. The van der Waals surface area contributed by atoms with Crippen LogP contribution in [0.4, 0.5) is 13.2 Å². The predicted octanol–water partition coefficient (Wildman–Crippen LogP) is 4.78. The molecule has 0 atom stereocenters. The molecule has 0 saturated carbocycles. The highest BCUT2D eigenvalue weighted by Crippen LogP contribution is 2.34. The number of alkyl halides is 3. The van der Waals surface area contributed by atoms with Gasteiger partial charge in [-0.1, -0.05) is 6.07 Å². The van der Waals surface area contributed by atoms with E-state index in [4.69, 9.17) is 13.9 Å². The highest BCUT2D eigenvalue weighted by molar-refractivity contribution is 6.05. The van der Waals surface area contributed by atoms with Crippen LogP contribution in [0, 0.1) is 18.3 Å². The maximum atomic E-state index is 13.1. The van der Waals surface area contributed by atoms with Crippen LogP contribution in [0.5, 0.6) is 5.75 Å². The number of benzene rings is 1. The molecule has 0 aliphatic carbocycles. The minimum absolute atomic E-state index is 0.0170. The Morgan fingerprint density at radius 1 is 1.34 bits per heavy atom. The first-order valence-electron chi connectivity index (χ1n) is 8.54. The molecule has 2 heterocycles. The summed E-state index contributed by atoms with van der Waals surface area (Å²) in [5.74, 6) is -0.291. The third kappa shape index (κ3) is 4.01. The molecule has 29 heavy (non-hydrogen) atoms. The number of hydrogen-bond donors (Lipinski definition) is 0. The average molecular weight is 404 g/mol. The van der Waals surface area contributed by atoms with Gasteiger partial charge in [0.1, 0.15) is 35.3 Å². The van der Waals surface area contributed by atoms with Crippen molar-refractivity contribution in [3.63, 3.8) is 0 Å². The first kappa shape index (κ1) is 20.2. The molecule has 0 aliphatic heterocycles. The average Bonchev–Trinajstić information content (AvgIpc) is 2.99. The van der Waals surface area contributed by atoms with E-state index in [-0.39, 0.29) is 34.6 Å². The molecule has 1 aromatic carbocycles. The predicted molar refractivity (Wildman–Crippen MR) is 95.2 cm³/mol. The van der Waals surface area contributed by atoms with Crippen molar-refractivity contribution in [3.8, 4) is 11.8 Å². The summed E-state index contributed by atoms with van der Waals surface area (Å²) < 4.78 is 55.4. The van der Waals surface area contributed by atoms with Crippen LogP contribution >= 0.6 is 0 Å². The van der Waals surface area contributed by atoms with Crippen LogP contribution in [0.25, 0.3) is 11.0 Å². The lowest BCUT2D eigenvalue weighted by molar-refractivity contribution is -0.142. The van der Waals surface area contributed by atoms with Crippen LogP contribution in [0.15, 0.2) is 34.9 Å². The van der Waals surface area contributed by atoms with E-state index in [0.717, 1.165) is 6.20 Å². The van der Waals surface area contributed by atoms with Crippen LogP contribution in [0.1, 0.15) is 39.9 Å². The molecule has 150 valence electrons. The highest BCUT2D eigenvalue weighted by atomic mass is 19.4. The Labute approximate surface area is 163 Å². The number of nitrogens with zero attached hydrogens (tertiary/aromatic N) is 2. The van der Waals surface area contributed by atoms with Gasteiger partial charge in [-0.3, -0.25) is 4.98 Å². The van der Waals surface area contributed by atoms with E-state index in [0.29, 0.717) is 11.1 Å². The minimum atomic E-state index is -4.64. The maximum Gasteiger partial charge on any atom is 0.433 e. The van der Waals surface area contributed by atoms with E-state index < -0.39 is 24.4 Å². The minimum Gasteiger partial charge on any atom is -0.487 e. The van der Waals surface area contributed by atoms with Gasteiger partial charge in [-0.05, 0) is 26.0 Å². The first-order valence-corrected chi connectivity index (χ1v) is 8.54. The summed E-state index contributed by atoms with van der Waals surface area (Å²) in [6.45, 7) is 2.92. The van der Waals surface area contributed by atoms with Crippen LogP contribution in [-0.2, 0) is 17.5 Å². The summed E-state index contributed by atoms with van der Waals surface area (Å²) in [6, 6.07) is 7.28. The van der Waals surface area contributed by atoms with Crippen molar-refractivity contribution in [2.24, 2.45) is 0 Å². The van der Waals surface area contributed by atoms with Crippen molar-refractivity contribution >= 4 is 16.9 Å². The molecule has 3 aromatic rings. The molecule has 3 rings (SSSR count). The van der Waals surface area contributed by atoms with Gasteiger partial charge >= 0.3 is 12.1 Å². The molecule has 0 radical (unpaired) electrons. The summed E-state index contributed by atoms with van der Waals surface area (Å²) >= 11 is 0. The number of rotatable bonds is 5. The van der Waals surface area contributed by atoms with Crippen molar-refractivity contribution in [2.75, 3.05) is 6.61 Å². The summed E-state index contributed by atoms with van der Waals surface area (Å²) in [5, 5.41) is 9.72. The van der Waals surface area contributed by atoms with Crippen molar-refractivity contribution in [3.05, 3.63) is 58.6 Å². The molecule has 0 bridgehead atoms. The monoisotopic (exact) mass is 404 g/mol. The second kappa shape index (κ2) is 7.83. The highest BCUT2D eigenvalue weighted by Gasteiger charge is 2.35. The molecule has 6 nitrogen and oxygen atoms in total. The van der Waals surface area contributed by atoms with Gasteiger partial charge in [0.15, 0.2) is 5.69 Å².